The lowest BCUT2D eigenvalue weighted by atomic mass is 10.0. The summed E-state index contributed by atoms with van der Waals surface area (Å²) >= 11 is 0. The summed E-state index contributed by atoms with van der Waals surface area (Å²) in [4.78, 5) is 0. The van der Waals surface area contributed by atoms with Crippen LogP contribution in [0.2, 0.25) is 0 Å². The van der Waals surface area contributed by atoms with Crippen molar-refractivity contribution < 1.29 is 30.6 Å². The molecule has 1 aliphatic rings. The molecule has 6 N–H and O–H groups in total. The summed E-state index contributed by atoms with van der Waals surface area (Å²) in [5.74, 6) is 0. The van der Waals surface area contributed by atoms with Crippen LogP contribution in [0, 0.1) is 0 Å². The fourth-order valence-electron chi connectivity index (χ4n) is 4.77. The molecule has 0 saturated heterocycles. The maximum absolute atomic E-state index is 7.00. The maximum atomic E-state index is 7.00. The predicted molar refractivity (Wildman–Crippen MR) is 174 cm³/mol. The van der Waals surface area contributed by atoms with Crippen LogP contribution in [0.4, 0.5) is 0 Å². The summed E-state index contributed by atoms with van der Waals surface area (Å²) < 4.78 is 0. The number of aliphatic hydroxyl groups is 6. The van der Waals surface area contributed by atoms with Crippen molar-refractivity contribution in [2.45, 2.75) is 173 Å². The van der Waals surface area contributed by atoms with Gasteiger partial charge in [0.2, 0.25) is 0 Å². The molecule has 39 heavy (non-hydrogen) atoms. The first kappa shape index (κ1) is 51.5. The van der Waals surface area contributed by atoms with Gasteiger partial charge in [-0.15, -0.1) is 0 Å². The zero-order valence-electron chi connectivity index (χ0n) is 27.8. The molecule has 6 nitrogen and oxygen atoms in total. The van der Waals surface area contributed by atoms with Gasteiger partial charge in [-0.2, -0.15) is 0 Å². The van der Waals surface area contributed by atoms with Crippen LogP contribution >= 0.6 is 0 Å². The Hall–Kier alpha value is -0.240. The molecule has 0 aromatic rings. The summed E-state index contributed by atoms with van der Waals surface area (Å²) in [5, 5.41) is 42.0. The third kappa shape index (κ3) is 67.4. The first-order valence-electron chi connectivity index (χ1n) is 16.2. The van der Waals surface area contributed by atoms with Gasteiger partial charge in [-0.3, -0.25) is 0 Å². The zero-order valence-corrected chi connectivity index (χ0v) is 27.8. The average molecular weight is 571 g/mol. The standard InChI is InChI=1S/C27H54.6CH4O/c1-2-4-6-8-10-12-14-16-18-20-22-24-26-27-25-23-21-19-17-15-13-11-9-7-5-3-1;6*1-2/h1-27H2;6*2H,1H3. The van der Waals surface area contributed by atoms with E-state index >= 15 is 0 Å². The van der Waals surface area contributed by atoms with Crippen molar-refractivity contribution in [1.29, 1.82) is 0 Å². The highest BCUT2D eigenvalue weighted by Crippen LogP contribution is 2.17. The molecule has 0 aliphatic heterocycles. The molecule has 0 aromatic heterocycles. The van der Waals surface area contributed by atoms with Crippen LogP contribution in [-0.4, -0.2) is 73.3 Å². The Morgan fingerprint density at radius 2 is 0.154 bits per heavy atom. The van der Waals surface area contributed by atoms with Crippen LogP contribution in [0.15, 0.2) is 0 Å². The SMILES string of the molecule is C1CCCCCCCCCCCCCCCCCCCCCCCCCC1.CO.CO.CO.CO.CO.CO. The molecule has 6 heteroatoms. The third-order valence-corrected chi connectivity index (χ3v) is 6.75. The molecule has 246 valence electrons. The van der Waals surface area contributed by atoms with Gasteiger partial charge in [0.25, 0.3) is 0 Å². The van der Waals surface area contributed by atoms with Crippen molar-refractivity contribution in [3.05, 3.63) is 0 Å². The van der Waals surface area contributed by atoms with E-state index in [1.54, 1.807) is 0 Å². The van der Waals surface area contributed by atoms with Crippen molar-refractivity contribution in [1.82, 2.24) is 0 Å². The number of aliphatic hydroxyl groups excluding tert-OH is 6. The number of hydrogen-bond donors (Lipinski definition) is 6. The summed E-state index contributed by atoms with van der Waals surface area (Å²) in [6.07, 6.45) is 40.5. The van der Waals surface area contributed by atoms with Crippen molar-refractivity contribution in [2.24, 2.45) is 0 Å². The number of hydrogen-bond acceptors (Lipinski definition) is 6. The van der Waals surface area contributed by atoms with E-state index in [0.717, 1.165) is 42.7 Å². The van der Waals surface area contributed by atoms with Gasteiger partial charge in [0.15, 0.2) is 0 Å². The molecule has 1 saturated carbocycles. The second-order valence-corrected chi connectivity index (χ2v) is 9.55. The van der Waals surface area contributed by atoms with Gasteiger partial charge in [-0.25, -0.2) is 0 Å². The van der Waals surface area contributed by atoms with Gasteiger partial charge < -0.3 is 30.6 Å². The molecular weight excluding hydrogens is 492 g/mol. The quantitative estimate of drug-likeness (QED) is 0.175. The first-order chi connectivity index (χ1) is 19.5. The Morgan fingerprint density at radius 3 is 0.179 bits per heavy atom. The lowest BCUT2D eigenvalue weighted by molar-refractivity contribution is 0.399. The topological polar surface area (TPSA) is 121 Å². The Morgan fingerprint density at radius 1 is 0.128 bits per heavy atom. The minimum atomic E-state index is 1.00. The Labute approximate surface area is 246 Å². The zero-order chi connectivity index (χ0) is 31.1. The van der Waals surface area contributed by atoms with Gasteiger partial charge in [0.1, 0.15) is 0 Å². The van der Waals surface area contributed by atoms with E-state index in [-0.39, 0.29) is 0 Å². The molecule has 0 amide bonds. The largest absolute Gasteiger partial charge is 0.400 e. The molecule has 0 aromatic carbocycles. The molecule has 0 atom stereocenters. The smallest absolute Gasteiger partial charge is 0.0319 e. The lowest BCUT2D eigenvalue weighted by Gasteiger charge is -2.04. The predicted octanol–water partition coefficient (Wildman–Crippen LogP) is 8.18. The van der Waals surface area contributed by atoms with Gasteiger partial charge in [-0.1, -0.05) is 173 Å². The minimum Gasteiger partial charge on any atom is -0.400 e. The van der Waals surface area contributed by atoms with Crippen molar-refractivity contribution in [3.8, 4) is 0 Å². The molecule has 0 bridgehead atoms. The maximum Gasteiger partial charge on any atom is 0.0319 e. The summed E-state index contributed by atoms with van der Waals surface area (Å²) in [6.45, 7) is 0. The van der Waals surface area contributed by atoms with E-state index in [0.29, 0.717) is 0 Å². The van der Waals surface area contributed by atoms with Crippen LogP contribution in [0.1, 0.15) is 173 Å². The van der Waals surface area contributed by atoms with Crippen LogP contribution < -0.4 is 0 Å². The van der Waals surface area contributed by atoms with Crippen LogP contribution in [0.25, 0.3) is 0 Å². The summed E-state index contributed by atoms with van der Waals surface area (Å²) in [5.41, 5.74) is 0. The Bertz CT molecular complexity index is 153. The normalized spacial score (nSPS) is 17.5. The first-order valence-corrected chi connectivity index (χ1v) is 16.2. The van der Waals surface area contributed by atoms with Crippen molar-refractivity contribution >= 4 is 0 Å². The summed E-state index contributed by atoms with van der Waals surface area (Å²) in [7, 11) is 6.00. The van der Waals surface area contributed by atoms with Crippen LogP contribution in [0.3, 0.4) is 0 Å². The highest BCUT2D eigenvalue weighted by atomic mass is 16.2. The second-order valence-electron chi connectivity index (χ2n) is 9.55. The molecule has 0 heterocycles. The molecule has 1 fully saturated rings. The van der Waals surface area contributed by atoms with Crippen LogP contribution in [0.5, 0.6) is 0 Å². The van der Waals surface area contributed by atoms with E-state index in [2.05, 4.69) is 0 Å². The van der Waals surface area contributed by atoms with Crippen LogP contribution in [-0.2, 0) is 0 Å². The fourth-order valence-corrected chi connectivity index (χ4v) is 4.77. The fraction of sp³-hybridized carbons (Fsp3) is 1.00. The summed E-state index contributed by atoms with van der Waals surface area (Å²) in [6, 6.07) is 0. The van der Waals surface area contributed by atoms with Gasteiger partial charge in [-0.05, 0) is 0 Å². The molecule has 0 unspecified atom stereocenters. The molecule has 0 spiro atoms. The Balaban J connectivity index is -0.000000199. The minimum absolute atomic E-state index is 1.00. The van der Waals surface area contributed by atoms with E-state index < -0.39 is 0 Å². The van der Waals surface area contributed by atoms with Crippen molar-refractivity contribution in [2.75, 3.05) is 42.7 Å². The van der Waals surface area contributed by atoms with E-state index in [4.69, 9.17) is 30.6 Å². The van der Waals surface area contributed by atoms with E-state index in [1.165, 1.54) is 173 Å². The second kappa shape index (κ2) is 71.3. The highest BCUT2D eigenvalue weighted by molar-refractivity contribution is 4.53. The molecular formula is C33H78O6. The van der Waals surface area contributed by atoms with E-state index in [9.17, 15) is 0 Å². The molecule has 1 rings (SSSR count). The van der Waals surface area contributed by atoms with Gasteiger partial charge in [0.05, 0.1) is 0 Å². The lowest BCUT2D eigenvalue weighted by Crippen LogP contribution is -1.84. The Kier molecular flexibility index (Phi) is 94.1. The molecule has 0 radical (unpaired) electrons. The van der Waals surface area contributed by atoms with Gasteiger partial charge >= 0.3 is 0 Å². The highest BCUT2D eigenvalue weighted by Gasteiger charge is 1.97. The molecule has 1 aliphatic carbocycles. The number of rotatable bonds is 0. The average Bonchev–Trinajstić information content (AvgIpc) is 3.03. The van der Waals surface area contributed by atoms with Gasteiger partial charge in [0, 0.05) is 42.7 Å². The third-order valence-electron chi connectivity index (χ3n) is 6.75. The monoisotopic (exact) mass is 571 g/mol. The van der Waals surface area contributed by atoms with Crippen molar-refractivity contribution in [3.63, 3.8) is 0 Å². The van der Waals surface area contributed by atoms with E-state index in [1.807, 2.05) is 0 Å².